The molecule has 1 N–H and O–H groups in total. The number of nitrogens with one attached hydrogen (secondary N) is 1. The number of hydrazone groups is 1. The Hall–Kier alpha value is -3.03. The normalized spacial score (nSPS) is 10.9. The molecule has 22 heavy (non-hydrogen) atoms. The first-order valence-electron chi connectivity index (χ1n) is 6.13. The van der Waals surface area contributed by atoms with Gasteiger partial charge in [-0.1, -0.05) is 18.2 Å². The van der Waals surface area contributed by atoms with E-state index in [-0.39, 0.29) is 11.4 Å². The molecule has 0 aliphatic rings. The predicted molar refractivity (Wildman–Crippen MR) is 77.4 cm³/mol. The SMILES string of the molecule is O=[N+]([O-])c1cccc(N/N=C/c2ccccc2OC(F)F)c1. The van der Waals surface area contributed by atoms with E-state index >= 15 is 0 Å². The summed E-state index contributed by atoms with van der Waals surface area (Å²) in [5.74, 6) is -0.0120. The molecule has 0 spiro atoms. The number of anilines is 1. The Kier molecular flexibility index (Phi) is 4.97. The standard InChI is InChI=1S/C14H11F2N3O3/c15-14(16)22-13-7-2-1-4-10(13)9-17-18-11-5-3-6-12(8-11)19(20)21/h1-9,14,18H/b17-9+. The molecule has 0 aromatic heterocycles. The minimum absolute atomic E-state index is 0.0120. The third-order valence-corrected chi connectivity index (χ3v) is 2.59. The van der Waals surface area contributed by atoms with Crippen LogP contribution in [0.25, 0.3) is 0 Å². The second-order valence-corrected chi connectivity index (χ2v) is 4.09. The molecule has 0 saturated heterocycles. The Bertz CT molecular complexity index is 693. The number of nitrogens with zero attached hydrogens (tertiary/aromatic N) is 2. The van der Waals surface area contributed by atoms with Crippen molar-refractivity contribution in [1.82, 2.24) is 0 Å². The van der Waals surface area contributed by atoms with Gasteiger partial charge in [-0.25, -0.2) is 0 Å². The zero-order valence-corrected chi connectivity index (χ0v) is 11.1. The van der Waals surface area contributed by atoms with Gasteiger partial charge in [0.05, 0.1) is 16.8 Å². The molecule has 0 radical (unpaired) electrons. The number of nitro groups is 1. The van der Waals surface area contributed by atoms with Gasteiger partial charge in [-0.05, 0) is 18.2 Å². The molecule has 0 aliphatic heterocycles. The second-order valence-electron chi connectivity index (χ2n) is 4.09. The van der Waals surface area contributed by atoms with Crippen molar-refractivity contribution in [1.29, 1.82) is 0 Å². The average Bonchev–Trinajstić information content (AvgIpc) is 2.49. The molecule has 0 bridgehead atoms. The lowest BCUT2D eigenvalue weighted by Crippen LogP contribution is -2.04. The molecule has 114 valence electrons. The molecule has 6 nitrogen and oxygen atoms in total. The van der Waals surface area contributed by atoms with E-state index in [1.165, 1.54) is 30.5 Å². The summed E-state index contributed by atoms with van der Waals surface area (Å²) in [6, 6.07) is 11.9. The summed E-state index contributed by atoms with van der Waals surface area (Å²) >= 11 is 0. The summed E-state index contributed by atoms with van der Waals surface area (Å²) in [5, 5.41) is 14.5. The van der Waals surface area contributed by atoms with Crippen LogP contribution < -0.4 is 10.2 Å². The summed E-state index contributed by atoms with van der Waals surface area (Å²) in [4.78, 5) is 10.1. The van der Waals surface area contributed by atoms with E-state index in [2.05, 4.69) is 15.3 Å². The first kappa shape index (κ1) is 15.4. The molecule has 0 heterocycles. The number of rotatable bonds is 6. The van der Waals surface area contributed by atoms with Gasteiger partial charge in [-0.3, -0.25) is 15.5 Å². The highest BCUT2D eigenvalue weighted by atomic mass is 19.3. The zero-order valence-electron chi connectivity index (χ0n) is 11.1. The number of nitro benzene ring substituents is 1. The molecule has 8 heteroatoms. The van der Waals surface area contributed by atoms with Gasteiger partial charge in [0.25, 0.3) is 5.69 Å². The van der Waals surface area contributed by atoms with Crippen LogP contribution in [0.15, 0.2) is 53.6 Å². The highest BCUT2D eigenvalue weighted by Crippen LogP contribution is 2.19. The van der Waals surface area contributed by atoms with Crippen molar-refractivity contribution < 1.29 is 18.4 Å². The number of halogens is 2. The van der Waals surface area contributed by atoms with Gasteiger partial charge in [0.2, 0.25) is 0 Å². The smallest absolute Gasteiger partial charge is 0.387 e. The topological polar surface area (TPSA) is 76.8 Å². The monoisotopic (exact) mass is 307 g/mol. The summed E-state index contributed by atoms with van der Waals surface area (Å²) in [7, 11) is 0. The fourth-order valence-electron chi connectivity index (χ4n) is 1.66. The van der Waals surface area contributed by atoms with E-state index in [4.69, 9.17) is 0 Å². The molecule has 0 aliphatic carbocycles. The largest absolute Gasteiger partial charge is 0.434 e. The van der Waals surface area contributed by atoms with Gasteiger partial charge >= 0.3 is 6.61 Å². The average molecular weight is 307 g/mol. The maximum absolute atomic E-state index is 12.3. The Morgan fingerprint density at radius 2 is 2.00 bits per heavy atom. The minimum atomic E-state index is -2.93. The van der Waals surface area contributed by atoms with Crippen LogP contribution in [-0.2, 0) is 0 Å². The molecular weight excluding hydrogens is 296 g/mol. The van der Waals surface area contributed by atoms with Crippen LogP contribution >= 0.6 is 0 Å². The van der Waals surface area contributed by atoms with Gasteiger partial charge in [0.1, 0.15) is 5.75 Å². The van der Waals surface area contributed by atoms with Gasteiger partial charge in [-0.15, -0.1) is 0 Å². The van der Waals surface area contributed by atoms with Crippen molar-refractivity contribution in [2.45, 2.75) is 6.61 Å². The van der Waals surface area contributed by atoms with Gasteiger partial charge in [0, 0.05) is 17.7 Å². The number of non-ortho nitro benzene ring substituents is 1. The van der Waals surface area contributed by atoms with Crippen LogP contribution in [0.4, 0.5) is 20.2 Å². The van der Waals surface area contributed by atoms with Crippen molar-refractivity contribution in [3.63, 3.8) is 0 Å². The molecule has 2 aromatic carbocycles. The lowest BCUT2D eigenvalue weighted by Gasteiger charge is -2.07. The zero-order chi connectivity index (χ0) is 15.9. The second kappa shape index (κ2) is 7.11. The number of benzene rings is 2. The number of ether oxygens (including phenoxy) is 1. The lowest BCUT2D eigenvalue weighted by molar-refractivity contribution is -0.384. The van der Waals surface area contributed by atoms with Crippen LogP contribution in [0.5, 0.6) is 5.75 Å². The van der Waals surface area contributed by atoms with E-state index in [1.807, 2.05) is 0 Å². The van der Waals surface area contributed by atoms with E-state index in [9.17, 15) is 18.9 Å². The number of para-hydroxylation sites is 1. The van der Waals surface area contributed by atoms with Crippen molar-refractivity contribution in [3.05, 3.63) is 64.2 Å². The first-order valence-corrected chi connectivity index (χ1v) is 6.13. The molecule has 2 rings (SSSR count). The Balaban J connectivity index is 2.10. The Labute approximate surface area is 124 Å². The summed E-state index contributed by atoms with van der Waals surface area (Å²) < 4.78 is 28.9. The van der Waals surface area contributed by atoms with Gasteiger partial charge < -0.3 is 4.74 Å². The van der Waals surface area contributed by atoms with Gasteiger partial charge in [-0.2, -0.15) is 13.9 Å². The molecular formula is C14H11F2N3O3. The van der Waals surface area contributed by atoms with Crippen LogP contribution in [0.3, 0.4) is 0 Å². The molecule has 0 fully saturated rings. The van der Waals surface area contributed by atoms with Gasteiger partial charge in [0.15, 0.2) is 0 Å². The summed E-state index contributed by atoms with van der Waals surface area (Å²) in [5.41, 5.74) is 3.26. The minimum Gasteiger partial charge on any atom is -0.434 e. The molecule has 2 aromatic rings. The van der Waals surface area contributed by atoms with E-state index < -0.39 is 11.5 Å². The highest BCUT2D eigenvalue weighted by Gasteiger charge is 2.07. The van der Waals surface area contributed by atoms with Crippen molar-refractivity contribution in [2.24, 2.45) is 5.10 Å². The fraction of sp³-hybridized carbons (Fsp3) is 0.0714. The van der Waals surface area contributed by atoms with Crippen LogP contribution in [-0.4, -0.2) is 17.7 Å². The third kappa shape index (κ3) is 4.23. The quantitative estimate of drug-likeness (QED) is 0.502. The van der Waals surface area contributed by atoms with Crippen LogP contribution in [0, 0.1) is 10.1 Å². The predicted octanol–water partition coefficient (Wildman–Crippen LogP) is 3.64. The Morgan fingerprint density at radius 3 is 2.73 bits per heavy atom. The first-order chi connectivity index (χ1) is 10.6. The lowest BCUT2D eigenvalue weighted by atomic mass is 10.2. The third-order valence-electron chi connectivity index (χ3n) is 2.59. The number of alkyl halides is 2. The van der Waals surface area contributed by atoms with Crippen LogP contribution in [0.1, 0.15) is 5.56 Å². The molecule has 0 amide bonds. The number of hydrogen-bond acceptors (Lipinski definition) is 5. The maximum atomic E-state index is 12.3. The summed E-state index contributed by atoms with van der Waals surface area (Å²) in [6.45, 7) is -2.93. The van der Waals surface area contributed by atoms with E-state index in [0.717, 1.165) is 0 Å². The van der Waals surface area contributed by atoms with Crippen molar-refractivity contribution >= 4 is 17.6 Å². The molecule has 0 saturated carbocycles. The van der Waals surface area contributed by atoms with Crippen molar-refractivity contribution in [2.75, 3.05) is 5.43 Å². The van der Waals surface area contributed by atoms with Crippen molar-refractivity contribution in [3.8, 4) is 5.75 Å². The van der Waals surface area contributed by atoms with E-state index in [0.29, 0.717) is 11.3 Å². The molecule has 0 atom stereocenters. The summed E-state index contributed by atoms with van der Waals surface area (Å²) in [6.07, 6.45) is 1.29. The highest BCUT2D eigenvalue weighted by molar-refractivity contribution is 5.84. The fourth-order valence-corrected chi connectivity index (χ4v) is 1.66. The van der Waals surface area contributed by atoms with E-state index in [1.54, 1.807) is 24.3 Å². The number of hydrogen-bond donors (Lipinski definition) is 1. The Morgan fingerprint density at radius 1 is 1.23 bits per heavy atom. The molecule has 0 unspecified atom stereocenters. The van der Waals surface area contributed by atoms with Crippen LogP contribution in [0.2, 0.25) is 0 Å². The maximum Gasteiger partial charge on any atom is 0.387 e.